The SMILES string of the molecule is CC(C)(C)SC1=CC(=N)OC1(C)C. The summed E-state index contributed by atoms with van der Waals surface area (Å²) in [5, 5.41) is 7.43. The molecule has 0 radical (unpaired) electrons. The van der Waals surface area contributed by atoms with Gasteiger partial charge in [0.1, 0.15) is 5.60 Å². The number of thioether (sulfide) groups is 1. The Morgan fingerprint density at radius 2 is 1.92 bits per heavy atom. The van der Waals surface area contributed by atoms with Crippen molar-refractivity contribution in [2.75, 3.05) is 0 Å². The van der Waals surface area contributed by atoms with Crippen LogP contribution in [-0.4, -0.2) is 16.2 Å². The van der Waals surface area contributed by atoms with E-state index in [4.69, 9.17) is 10.1 Å². The summed E-state index contributed by atoms with van der Waals surface area (Å²) in [4.78, 5) is 1.14. The highest BCUT2D eigenvalue weighted by Crippen LogP contribution is 2.41. The van der Waals surface area contributed by atoms with E-state index in [2.05, 4.69) is 20.8 Å². The Morgan fingerprint density at radius 1 is 1.38 bits per heavy atom. The van der Waals surface area contributed by atoms with E-state index in [-0.39, 0.29) is 16.2 Å². The van der Waals surface area contributed by atoms with Crippen LogP contribution in [0, 0.1) is 5.41 Å². The highest BCUT2D eigenvalue weighted by molar-refractivity contribution is 8.04. The fraction of sp³-hybridized carbons (Fsp3) is 0.700. The van der Waals surface area contributed by atoms with Crippen LogP contribution in [0.3, 0.4) is 0 Å². The quantitative estimate of drug-likeness (QED) is 0.703. The summed E-state index contributed by atoms with van der Waals surface area (Å²) in [6, 6.07) is 0. The first-order chi connectivity index (χ1) is 5.71. The van der Waals surface area contributed by atoms with Crippen LogP contribution in [0.15, 0.2) is 11.0 Å². The van der Waals surface area contributed by atoms with Crippen molar-refractivity contribution in [1.82, 2.24) is 0 Å². The predicted molar refractivity (Wildman–Crippen MR) is 58.3 cm³/mol. The van der Waals surface area contributed by atoms with Crippen LogP contribution < -0.4 is 0 Å². The van der Waals surface area contributed by atoms with Gasteiger partial charge >= 0.3 is 0 Å². The molecule has 1 N–H and O–H groups in total. The average molecular weight is 199 g/mol. The predicted octanol–water partition coefficient (Wildman–Crippen LogP) is 3.19. The zero-order valence-electron chi connectivity index (χ0n) is 8.89. The van der Waals surface area contributed by atoms with Gasteiger partial charge in [0.15, 0.2) is 0 Å². The highest BCUT2D eigenvalue weighted by Gasteiger charge is 2.34. The molecular weight excluding hydrogens is 182 g/mol. The molecule has 0 aromatic heterocycles. The van der Waals surface area contributed by atoms with Gasteiger partial charge in [-0.15, -0.1) is 11.8 Å². The van der Waals surface area contributed by atoms with Crippen LogP contribution in [0.1, 0.15) is 34.6 Å². The number of ether oxygens (including phenoxy) is 1. The van der Waals surface area contributed by atoms with Gasteiger partial charge in [-0.2, -0.15) is 0 Å². The zero-order chi connectivity index (χ0) is 10.3. The smallest absolute Gasteiger partial charge is 0.207 e. The van der Waals surface area contributed by atoms with E-state index >= 15 is 0 Å². The lowest BCUT2D eigenvalue weighted by molar-refractivity contribution is 0.156. The third-order valence-corrected chi connectivity index (χ3v) is 3.08. The molecule has 0 amide bonds. The van der Waals surface area contributed by atoms with Crippen LogP contribution in [0.4, 0.5) is 0 Å². The minimum absolute atomic E-state index is 0.178. The van der Waals surface area contributed by atoms with Gasteiger partial charge in [0.05, 0.1) is 0 Å². The molecule has 13 heavy (non-hydrogen) atoms. The third kappa shape index (κ3) is 2.76. The van der Waals surface area contributed by atoms with Gasteiger partial charge in [0, 0.05) is 15.7 Å². The lowest BCUT2D eigenvalue weighted by Gasteiger charge is -2.26. The maximum atomic E-state index is 7.43. The van der Waals surface area contributed by atoms with Crippen LogP contribution in [0.25, 0.3) is 0 Å². The number of rotatable bonds is 1. The highest BCUT2D eigenvalue weighted by atomic mass is 32.2. The number of nitrogens with one attached hydrogen (secondary N) is 1. The largest absolute Gasteiger partial charge is 0.467 e. The fourth-order valence-electron chi connectivity index (χ4n) is 1.13. The molecule has 0 saturated carbocycles. The monoisotopic (exact) mass is 199 g/mol. The Kier molecular flexibility index (Phi) is 2.50. The topological polar surface area (TPSA) is 33.1 Å². The van der Waals surface area contributed by atoms with Gasteiger partial charge in [0.25, 0.3) is 0 Å². The molecule has 0 unspecified atom stereocenters. The van der Waals surface area contributed by atoms with Gasteiger partial charge in [-0.05, 0) is 13.8 Å². The molecule has 0 aromatic rings. The minimum Gasteiger partial charge on any atom is -0.467 e. The second kappa shape index (κ2) is 3.05. The molecular formula is C10H17NOS. The van der Waals surface area contributed by atoms with Crippen molar-refractivity contribution in [3.05, 3.63) is 11.0 Å². The molecule has 1 aliphatic heterocycles. The molecule has 0 spiro atoms. The normalized spacial score (nSPS) is 21.3. The van der Waals surface area contributed by atoms with E-state index in [0.717, 1.165) is 4.91 Å². The van der Waals surface area contributed by atoms with Crippen LogP contribution >= 0.6 is 11.8 Å². The molecule has 3 heteroatoms. The zero-order valence-corrected chi connectivity index (χ0v) is 9.71. The molecule has 1 rings (SSSR count). The maximum absolute atomic E-state index is 7.43. The second-order valence-electron chi connectivity index (χ2n) is 4.70. The third-order valence-electron chi connectivity index (χ3n) is 1.64. The van der Waals surface area contributed by atoms with E-state index in [1.165, 1.54) is 0 Å². The Bertz CT molecular complexity index is 261. The van der Waals surface area contributed by atoms with Crippen molar-refractivity contribution < 1.29 is 4.74 Å². The summed E-state index contributed by atoms with van der Waals surface area (Å²) in [6.45, 7) is 10.5. The Balaban J connectivity index is 2.80. The standard InChI is InChI=1S/C10H17NOS/c1-9(2,3)13-7-6-8(11)12-10(7,4)5/h6,11H,1-5H3. The van der Waals surface area contributed by atoms with E-state index in [9.17, 15) is 0 Å². The molecule has 1 aliphatic rings. The van der Waals surface area contributed by atoms with Gasteiger partial charge in [-0.1, -0.05) is 20.8 Å². The van der Waals surface area contributed by atoms with Gasteiger partial charge < -0.3 is 4.74 Å². The molecule has 1 heterocycles. The van der Waals surface area contributed by atoms with Crippen molar-refractivity contribution >= 4 is 17.7 Å². The van der Waals surface area contributed by atoms with Crippen LogP contribution in [0.5, 0.6) is 0 Å². The van der Waals surface area contributed by atoms with Crippen molar-refractivity contribution in [3.63, 3.8) is 0 Å². The summed E-state index contributed by atoms with van der Waals surface area (Å²) in [6.07, 6.45) is 1.82. The molecule has 0 atom stereocenters. The summed E-state index contributed by atoms with van der Waals surface area (Å²) in [5.74, 6) is 0.275. The molecule has 0 aromatic carbocycles. The number of hydrogen-bond donors (Lipinski definition) is 1. The molecule has 0 aliphatic carbocycles. The van der Waals surface area contributed by atoms with Crippen molar-refractivity contribution in [2.45, 2.75) is 45.0 Å². The maximum Gasteiger partial charge on any atom is 0.207 e. The molecule has 0 fully saturated rings. The van der Waals surface area contributed by atoms with E-state index in [1.807, 2.05) is 19.9 Å². The lowest BCUT2D eigenvalue weighted by atomic mass is 10.1. The van der Waals surface area contributed by atoms with Gasteiger partial charge in [0.2, 0.25) is 5.90 Å². The first-order valence-corrected chi connectivity index (χ1v) is 5.21. The fourth-order valence-corrected chi connectivity index (χ4v) is 2.24. The summed E-state index contributed by atoms with van der Waals surface area (Å²) in [5.41, 5.74) is -0.310. The first kappa shape index (κ1) is 10.6. The molecule has 0 bridgehead atoms. The van der Waals surface area contributed by atoms with Gasteiger partial charge in [-0.3, -0.25) is 5.41 Å². The first-order valence-electron chi connectivity index (χ1n) is 4.39. The summed E-state index contributed by atoms with van der Waals surface area (Å²) in [7, 11) is 0. The van der Waals surface area contributed by atoms with Crippen LogP contribution in [0.2, 0.25) is 0 Å². The Hall–Kier alpha value is -0.440. The van der Waals surface area contributed by atoms with E-state index in [0.29, 0.717) is 0 Å². The Labute approximate surface area is 84.3 Å². The van der Waals surface area contributed by atoms with Crippen molar-refractivity contribution in [1.29, 1.82) is 5.41 Å². The Morgan fingerprint density at radius 3 is 2.23 bits per heavy atom. The summed E-state index contributed by atoms with van der Waals surface area (Å²) >= 11 is 1.77. The van der Waals surface area contributed by atoms with E-state index in [1.54, 1.807) is 11.8 Å². The lowest BCUT2D eigenvalue weighted by Crippen LogP contribution is -2.24. The van der Waals surface area contributed by atoms with Crippen LogP contribution in [-0.2, 0) is 4.74 Å². The van der Waals surface area contributed by atoms with E-state index < -0.39 is 0 Å². The summed E-state index contributed by atoms with van der Waals surface area (Å²) < 4.78 is 5.55. The van der Waals surface area contributed by atoms with Crippen molar-refractivity contribution in [3.8, 4) is 0 Å². The second-order valence-corrected chi connectivity index (χ2v) is 6.57. The average Bonchev–Trinajstić information content (AvgIpc) is 2.00. The molecule has 2 nitrogen and oxygen atoms in total. The molecule has 74 valence electrons. The van der Waals surface area contributed by atoms with Gasteiger partial charge in [-0.25, -0.2) is 0 Å². The minimum atomic E-state index is -0.310. The van der Waals surface area contributed by atoms with Crippen molar-refractivity contribution in [2.24, 2.45) is 0 Å². The molecule has 0 saturated heterocycles. The number of hydrogen-bond acceptors (Lipinski definition) is 3.